The molecule has 0 spiro atoms. The molecule has 0 unspecified atom stereocenters. The highest BCUT2D eigenvalue weighted by molar-refractivity contribution is 6.32. The lowest BCUT2D eigenvalue weighted by Gasteiger charge is -2.13. The normalized spacial score (nSPS) is 10.3. The molecule has 2 aromatic carbocycles. The molecule has 0 aliphatic carbocycles. The summed E-state index contributed by atoms with van der Waals surface area (Å²) in [7, 11) is 3.35. The summed E-state index contributed by atoms with van der Waals surface area (Å²) < 4.78 is 5.71. The van der Waals surface area contributed by atoms with Crippen molar-refractivity contribution in [2.24, 2.45) is 0 Å². The molecule has 0 fully saturated rings. The fraction of sp³-hybridized carbons (Fsp3) is 0.278. The van der Waals surface area contributed by atoms with E-state index < -0.39 is 0 Å². The summed E-state index contributed by atoms with van der Waals surface area (Å²) in [6.45, 7) is 0.551. The molecule has 2 rings (SSSR count). The van der Waals surface area contributed by atoms with Crippen LogP contribution in [-0.2, 0) is 6.42 Å². The van der Waals surface area contributed by atoms with Gasteiger partial charge in [0.15, 0.2) is 0 Å². The molecule has 6 heteroatoms. The minimum absolute atomic E-state index is 0.207. The molecule has 4 nitrogen and oxygen atoms in total. The monoisotopic (exact) mass is 366 g/mol. The van der Waals surface area contributed by atoms with Crippen LogP contribution in [0.4, 0.5) is 10.5 Å². The van der Waals surface area contributed by atoms with Crippen molar-refractivity contribution in [2.45, 2.75) is 12.8 Å². The predicted molar refractivity (Wildman–Crippen MR) is 99.4 cm³/mol. The number of halogens is 2. The number of hydrogen-bond donors (Lipinski definition) is 1. The Balaban J connectivity index is 1.83. The van der Waals surface area contributed by atoms with Crippen molar-refractivity contribution in [1.82, 2.24) is 4.90 Å². The molecule has 0 aliphatic rings. The van der Waals surface area contributed by atoms with Gasteiger partial charge in [-0.05, 0) is 48.7 Å². The standard InChI is InChI=1S/C18H20Cl2N2O2/c1-22(2)18(23)21-15-8-9-17(16(20)12-15)24-10-4-6-13-5-3-7-14(19)11-13/h3,5,7-9,11-12H,4,6,10H2,1-2H3,(H,21,23). The number of urea groups is 1. The number of nitrogens with one attached hydrogen (secondary N) is 1. The molecule has 0 aliphatic heterocycles. The lowest BCUT2D eigenvalue weighted by atomic mass is 10.1. The number of carbonyl (C=O) groups is 1. The van der Waals surface area contributed by atoms with Gasteiger partial charge in [0.2, 0.25) is 0 Å². The lowest BCUT2D eigenvalue weighted by Crippen LogP contribution is -2.27. The average Bonchev–Trinajstić information content (AvgIpc) is 2.53. The third-order valence-electron chi connectivity index (χ3n) is 3.35. The Hall–Kier alpha value is -1.91. The highest BCUT2D eigenvalue weighted by atomic mass is 35.5. The Morgan fingerprint density at radius 2 is 1.96 bits per heavy atom. The second kappa shape index (κ2) is 8.81. The summed E-state index contributed by atoms with van der Waals surface area (Å²) in [5.74, 6) is 0.602. The molecule has 0 saturated carbocycles. The number of amides is 2. The van der Waals surface area contributed by atoms with Crippen LogP contribution in [0.1, 0.15) is 12.0 Å². The van der Waals surface area contributed by atoms with Gasteiger partial charge in [0.25, 0.3) is 0 Å². The summed E-state index contributed by atoms with van der Waals surface area (Å²) in [6.07, 6.45) is 1.74. The fourth-order valence-corrected chi connectivity index (χ4v) is 2.53. The van der Waals surface area contributed by atoms with E-state index in [4.69, 9.17) is 27.9 Å². The minimum atomic E-state index is -0.207. The second-order valence-corrected chi connectivity index (χ2v) is 6.40. The first-order valence-corrected chi connectivity index (χ1v) is 8.36. The van der Waals surface area contributed by atoms with Crippen LogP contribution < -0.4 is 10.1 Å². The van der Waals surface area contributed by atoms with E-state index in [0.29, 0.717) is 23.1 Å². The third kappa shape index (κ3) is 5.62. The minimum Gasteiger partial charge on any atom is -0.492 e. The smallest absolute Gasteiger partial charge is 0.321 e. The maximum Gasteiger partial charge on any atom is 0.321 e. The molecule has 2 amide bonds. The predicted octanol–water partition coefficient (Wildman–Crippen LogP) is 5.10. The number of rotatable bonds is 6. The van der Waals surface area contributed by atoms with Crippen LogP contribution in [0.2, 0.25) is 10.0 Å². The highest BCUT2D eigenvalue weighted by Gasteiger charge is 2.07. The third-order valence-corrected chi connectivity index (χ3v) is 3.88. The summed E-state index contributed by atoms with van der Waals surface area (Å²) in [5.41, 5.74) is 1.81. The highest BCUT2D eigenvalue weighted by Crippen LogP contribution is 2.28. The zero-order chi connectivity index (χ0) is 17.5. The molecule has 0 radical (unpaired) electrons. The van der Waals surface area contributed by atoms with Crippen LogP contribution in [-0.4, -0.2) is 31.6 Å². The summed E-state index contributed by atoms with van der Waals surface area (Å²) >= 11 is 12.2. The van der Waals surface area contributed by atoms with E-state index in [2.05, 4.69) is 5.32 Å². The maximum absolute atomic E-state index is 11.6. The number of benzene rings is 2. The van der Waals surface area contributed by atoms with Crippen LogP contribution in [0.25, 0.3) is 0 Å². The van der Waals surface area contributed by atoms with E-state index in [9.17, 15) is 4.79 Å². The first kappa shape index (κ1) is 18.4. The van der Waals surface area contributed by atoms with Gasteiger partial charge in [-0.15, -0.1) is 0 Å². The van der Waals surface area contributed by atoms with Crippen molar-refractivity contribution >= 4 is 34.9 Å². The molecule has 128 valence electrons. The molecule has 0 aromatic heterocycles. The van der Waals surface area contributed by atoms with Gasteiger partial charge < -0.3 is 15.0 Å². The van der Waals surface area contributed by atoms with Gasteiger partial charge in [-0.1, -0.05) is 35.3 Å². The Bertz CT molecular complexity index is 705. The Morgan fingerprint density at radius 3 is 2.62 bits per heavy atom. The number of carbonyl (C=O) groups excluding carboxylic acids is 1. The van der Waals surface area contributed by atoms with Gasteiger partial charge in [0.05, 0.1) is 11.6 Å². The number of aryl methyl sites for hydroxylation is 1. The van der Waals surface area contributed by atoms with E-state index in [0.717, 1.165) is 17.9 Å². The Kier molecular flexibility index (Phi) is 6.76. The molecule has 0 heterocycles. The molecular weight excluding hydrogens is 347 g/mol. The van der Waals surface area contributed by atoms with Crippen LogP contribution in [0.3, 0.4) is 0 Å². The van der Waals surface area contributed by atoms with Crippen molar-refractivity contribution < 1.29 is 9.53 Å². The molecule has 0 atom stereocenters. The number of anilines is 1. The molecule has 1 N–H and O–H groups in total. The number of hydrogen-bond acceptors (Lipinski definition) is 2. The molecular formula is C18H20Cl2N2O2. The largest absolute Gasteiger partial charge is 0.492 e. The van der Waals surface area contributed by atoms with E-state index in [-0.39, 0.29) is 6.03 Å². The van der Waals surface area contributed by atoms with Crippen LogP contribution in [0.15, 0.2) is 42.5 Å². The average molecular weight is 367 g/mol. The Labute approximate surface area is 152 Å². The van der Waals surface area contributed by atoms with Crippen molar-refractivity contribution in [3.63, 3.8) is 0 Å². The SMILES string of the molecule is CN(C)C(=O)Nc1ccc(OCCCc2cccc(Cl)c2)c(Cl)c1. The van der Waals surface area contributed by atoms with Crippen molar-refractivity contribution in [2.75, 3.05) is 26.0 Å². The van der Waals surface area contributed by atoms with Crippen LogP contribution >= 0.6 is 23.2 Å². The fourth-order valence-electron chi connectivity index (χ4n) is 2.08. The summed E-state index contributed by atoms with van der Waals surface area (Å²) in [5, 5.41) is 3.95. The number of nitrogens with zero attached hydrogens (tertiary/aromatic N) is 1. The first-order chi connectivity index (χ1) is 11.5. The molecule has 2 aromatic rings. The van der Waals surface area contributed by atoms with Crippen LogP contribution in [0, 0.1) is 0 Å². The summed E-state index contributed by atoms with van der Waals surface area (Å²) in [4.78, 5) is 13.1. The van der Waals surface area contributed by atoms with Crippen molar-refractivity contribution in [1.29, 1.82) is 0 Å². The summed E-state index contributed by atoms with van der Waals surface area (Å²) in [6, 6.07) is 12.8. The second-order valence-electron chi connectivity index (χ2n) is 5.55. The van der Waals surface area contributed by atoms with Gasteiger partial charge >= 0.3 is 6.03 Å². The number of ether oxygens (including phenoxy) is 1. The van der Waals surface area contributed by atoms with E-state index in [1.165, 1.54) is 10.5 Å². The molecule has 24 heavy (non-hydrogen) atoms. The zero-order valence-electron chi connectivity index (χ0n) is 13.7. The zero-order valence-corrected chi connectivity index (χ0v) is 15.2. The Morgan fingerprint density at radius 1 is 1.17 bits per heavy atom. The maximum atomic E-state index is 11.6. The van der Waals surface area contributed by atoms with Crippen molar-refractivity contribution in [3.8, 4) is 5.75 Å². The first-order valence-electron chi connectivity index (χ1n) is 7.61. The molecule has 0 bridgehead atoms. The molecule has 0 saturated heterocycles. The van der Waals surface area contributed by atoms with Gasteiger partial charge in [0, 0.05) is 24.8 Å². The lowest BCUT2D eigenvalue weighted by molar-refractivity contribution is 0.230. The van der Waals surface area contributed by atoms with Crippen LogP contribution in [0.5, 0.6) is 5.75 Å². The van der Waals surface area contributed by atoms with Gasteiger partial charge in [-0.25, -0.2) is 4.79 Å². The quantitative estimate of drug-likeness (QED) is 0.722. The van der Waals surface area contributed by atoms with Gasteiger partial charge in [-0.2, -0.15) is 0 Å². The van der Waals surface area contributed by atoms with Crippen molar-refractivity contribution in [3.05, 3.63) is 58.1 Å². The van der Waals surface area contributed by atoms with E-state index in [1.54, 1.807) is 32.3 Å². The van der Waals surface area contributed by atoms with E-state index in [1.807, 2.05) is 24.3 Å². The van der Waals surface area contributed by atoms with Gasteiger partial charge in [0.1, 0.15) is 5.75 Å². The topological polar surface area (TPSA) is 41.6 Å². The van der Waals surface area contributed by atoms with Gasteiger partial charge in [-0.3, -0.25) is 0 Å². The van der Waals surface area contributed by atoms with E-state index >= 15 is 0 Å².